The summed E-state index contributed by atoms with van der Waals surface area (Å²) < 4.78 is 5.40. The van der Waals surface area contributed by atoms with E-state index in [0.29, 0.717) is 5.91 Å². The molecule has 1 unspecified atom stereocenters. The van der Waals surface area contributed by atoms with Crippen molar-refractivity contribution in [2.24, 2.45) is 5.41 Å². The molecule has 1 amide bonds. The third-order valence-electron chi connectivity index (χ3n) is 6.03. The maximum atomic E-state index is 13.1. The number of aromatic nitrogens is 1. The lowest BCUT2D eigenvalue weighted by Gasteiger charge is -2.29. The first-order chi connectivity index (χ1) is 12.7. The molecule has 4 rings (SSSR count). The number of thioether (sulfide) groups is 1. The van der Waals surface area contributed by atoms with Crippen LogP contribution in [0.1, 0.15) is 12.8 Å². The highest BCUT2D eigenvalue weighted by Crippen LogP contribution is 2.41. The van der Waals surface area contributed by atoms with Gasteiger partial charge in [-0.25, -0.2) is 4.98 Å². The minimum absolute atomic E-state index is 0.190. The molecular formula is C19H28N4O2S. The molecule has 1 aromatic rings. The molecule has 1 atom stereocenters. The van der Waals surface area contributed by atoms with Crippen LogP contribution in [0.3, 0.4) is 0 Å². The number of carbonyl (C=O) groups excluding carboxylic acids is 1. The summed E-state index contributed by atoms with van der Waals surface area (Å²) >= 11 is 1.70. The van der Waals surface area contributed by atoms with Crippen LogP contribution in [-0.4, -0.2) is 86.0 Å². The molecule has 0 aromatic carbocycles. The third-order valence-corrected chi connectivity index (χ3v) is 6.74. The van der Waals surface area contributed by atoms with Crippen LogP contribution in [0.2, 0.25) is 0 Å². The molecule has 3 fully saturated rings. The van der Waals surface area contributed by atoms with E-state index in [9.17, 15) is 4.79 Å². The molecule has 0 N–H and O–H groups in total. The molecule has 1 aromatic heterocycles. The van der Waals surface area contributed by atoms with Crippen LogP contribution < -0.4 is 4.90 Å². The largest absolute Gasteiger partial charge is 0.379 e. The highest BCUT2D eigenvalue weighted by atomic mass is 32.2. The van der Waals surface area contributed by atoms with Crippen LogP contribution in [0.5, 0.6) is 0 Å². The molecule has 1 spiro atoms. The molecule has 0 bridgehead atoms. The summed E-state index contributed by atoms with van der Waals surface area (Å²) in [6, 6.07) is 4.20. The molecule has 3 aliphatic heterocycles. The Labute approximate surface area is 159 Å². The number of amides is 1. The zero-order valence-electron chi connectivity index (χ0n) is 15.5. The lowest BCUT2D eigenvalue weighted by atomic mass is 9.85. The summed E-state index contributed by atoms with van der Waals surface area (Å²) in [4.78, 5) is 25.7. The fraction of sp³-hybridized carbons (Fsp3) is 0.684. The fourth-order valence-electron chi connectivity index (χ4n) is 4.32. The highest BCUT2D eigenvalue weighted by molar-refractivity contribution is 7.98. The van der Waals surface area contributed by atoms with Crippen molar-refractivity contribution in [2.75, 3.05) is 70.2 Å². The van der Waals surface area contributed by atoms with E-state index >= 15 is 0 Å². The molecule has 0 saturated carbocycles. The highest BCUT2D eigenvalue weighted by Gasteiger charge is 2.50. The van der Waals surface area contributed by atoms with Gasteiger partial charge in [0.2, 0.25) is 5.91 Å². The Morgan fingerprint density at radius 2 is 1.96 bits per heavy atom. The topological polar surface area (TPSA) is 48.9 Å². The minimum Gasteiger partial charge on any atom is -0.379 e. The van der Waals surface area contributed by atoms with Gasteiger partial charge in [-0.15, -0.1) is 11.8 Å². The van der Waals surface area contributed by atoms with Crippen molar-refractivity contribution in [3.05, 3.63) is 18.3 Å². The minimum atomic E-state index is -0.190. The van der Waals surface area contributed by atoms with Crippen LogP contribution in [0.4, 0.5) is 5.82 Å². The number of hydrogen-bond donors (Lipinski definition) is 0. The van der Waals surface area contributed by atoms with E-state index in [1.165, 1.54) is 4.90 Å². The Bertz CT molecular complexity index is 635. The number of ether oxygens (including phenoxy) is 1. The smallest absolute Gasteiger partial charge is 0.230 e. The molecule has 7 heteroatoms. The monoisotopic (exact) mass is 376 g/mol. The summed E-state index contributed by atoms with van der Waals surface area (Å²) in [7, 11) is 0. The normalized spacial score (nSPS) is 27.0. The molecule has 3 saturated heterocycles. The van der Waals surface area contributed by atoms with Crippen molar-refractivity contribution in [3.63, 3.8) is 0 Å². The van der Waals surface area contributed by atoms with Gasteiger partial charge in [-0.2, -0.15) is 0 Å². The third kappa shape index (κ3) is 3.57. The van der Waals surface area contributed by atoms with Crippen LogP contribution in [-0.2, 0) is 9.53 Å². The van der Waals surface area contributed by atoms with E-state index in [1.54, 1.807) is 11.8 Å². The summed E-state index contributed by atoms with van der Waals surface area (Å²) in [6.45, 7) is 8.05. The summed E-state index contributed by atoms with van der Waals surface area (Å²) in [5, 5.41) is 0. The SMILES string of the molecule is CSc1ccc(N2CCC3(CCN(CCN4CCOCC4)C3=O)C2)nc1. The maximum absolute atomic E-state index is 13.1. The first-order valence-corrected chi connectivity index (χ1v) is 10.8. The van der Waals surface area contributed by atoms with Gasteiger partial charge in [-0.05, 0) is 31.2 Å². The van der Waals surface area contributed by atoms with E-state index in [1.807, 2.05) is 6.20 Å². The van der Waals surface area contributed by atoms with Gasteiger partial charge in [0.25, 0.3) is 0 Å². The van der Waals surface area contributed by atoms with Gasteiger partial charge >= 0.3 is 0 Å². The number of hydrogen-bond acceptors (Lipinski definition) is 6. The number of carbonyl (C=O) groups is 1. The van der Waals surface area contributed by atoms with E-state index in [2.05, 4.69) is 38.1 Å². The predicted molar refractivity (Wildman–Crippen MR) is 104 cm³/mol. The quantitative estimate of drug-likeness (QED) is 0.727. The Morgan fingerprint density at radius 1 is 1.15 bits per heavy atom. The van der Waals surface area contributed by atoms with Crippen LogP contribution in [0.15, 0.2) is 23.2 Å². The molecule has 0 radical (unpaired) electrons. The Morgan fingerprint density at radius 3 is 2.69 bits per heavy atom. The van der Waals surface area contributed by atoms with Gasteiger partial charge in [0.05, 0.1) is 18.6 Å². The molecular weight excluding hydrogens is 348 g/mol. The zero-order chi connectivity index (χ0) is 18.0. The van der Waals surface area contributed by atoms with Crippen LogP contribution in [0, 0.1) is 5.41 Å². The average molecular weight is 377 g/mol. The lowest BCUT2D eigenvalue weighted by molar-refractivity contribution is -0.135. The second-order valence-corrected chi connectivity index (χ2v) is 8.38. The van der Waals surface area contributed by atoms with Gasteiger partial charge in [0, 0.05) is 56.9 Å². The Kier molecular flexibility index (Phi) is 5.38. The molecule has 3 aliphatic rings. The maximum Gasteiger partial charge on any atom is 0.230 e. The fourth-order valence-corrected chi connectivity index (χ4v) is 4.68. The van der Waals surface area contributed by atoms with Crippen molar-refractivity contribution in [2.45, 2.75) is 17.7 Å². The number of morpholine rings is 1. The van der Waals surface area contributed by atoms with Gasteiger partial charge in [-0.3, -0.25) is 9.69 Å². The van der Waals surface area contributed by atoms with Gasteiger partial charge < -0.3 is 14.5 Å². The van der Waals surface area contributed by atoms with E-state index in [4.69, 9.17) is 4.74 Å². The van der Waals surface area contributed by atoms with Crippen molar-refractivity contribution < 1.29 is 9.53 Å². The molecule has 0 aliphatic carbocycles. The number of pyridine rings is 1. The number of anilines is 1. The second-order valence-electron chi connectivity index (χ2n) is 7.50. The number of rotatable bonds is 5. The van der Waals surface area contributed by atoms with Gasteiger partial charge in [-0.1, -0.05) is 0 Å². The van der Waals surface area contributed by atoms with E-state index in [0.717, 1.165) is 77.7 Å². The number of nitrogens with zero attached hydrogens (tertiary/aromatic N) is 4. The van der Waals surface area contributed by atoms with Crippen molar-refractivity contribution in [1.29, 1.82) is 0 Å². The molecule has 4 heterocycles. The molecule has 142 valence electrons. The first-order valence-electron chi connectivity index (χ1n) is 9.55. The molecule has 6 nitrogen and oxygen atoms in total. The zero-order valence-corrected chi connectivity index (χ0v) is 16.3. The van der Waals surface area contributed by atoms with Gasteiger partial charge in [0.15, 0.2) is 0 Å². The lowest BCUT2D eigenvalue weighted by Crippen LogP contribution is -2.43. The van der Waals surface area contributed by atoms with Crippen molar-refractivity contribution >= 4 is 23.5 Å². The second kappa shape index (κ2) is 7.74. The standard InChI is InChI=1S/C19H28N4O2S/c1-26-16-2-3-17(20-14-16)23-7-5-19(15-23)4-6-22(18(19)24)9-8-21-10-12-25-13-11-21/h2-3,14H,4-13,15H2,1H3. The van der Waals surface area contributed by atoms with Crippen molar-refractivity contribution in [1.82, 2.24) is 14.8 Å². The molecule has 26 heavy (non-hydrogen) atoms. The summed E-state index contributed by atoms with van der Waals surface area (Å²) in [5.41, 5.74) is -0.190. The van der Waals surface area contributed by atoms with Gasteiger partial charge in [0.1, 0.15) is 5.82 Å². The number of likely N-dealkylation sites (tertiary alicyclic amines) is 1. The Balaban J connectivity index is 1.34. The van der Waals surface area contributed by atoms with E-state index in [-0.39, 0.29) is 5.41 Å². The average Bonchev–Trinajstić information content (AvgIpc) is 3.26. The first kappa shape index (κ1) is 18.1. The van der Waals surface area contributed by atoms with Crippen LogP contribution in [0.25, 0.3) is 0 Å². The van der Waals surface area contributed by atoms with Crippen molar-refractivity contribution in [3.8, 4) is 0 Å². The van der Waals surface area contributed by atoms with Crippen LogP contribution >= 0.6 is 11.8 Å². The van der Waals surface area contributed by atoms with E-state index < -0.39 is 0 Å². The predicted octanol–water partition coefficient (Wildman–Crippen LogP) is 1.56. The summed E-state index contributed by atoms with van der Waals surface area (Å²) in [6.07, 6.45) is 5.92. The Hall–Kier alpha value is -1.31. The summed E-state index contributed by atoms with van der Waals surface area (Å²) in [5.74, 6) is 1.35.